The molecule has 0 saturated carbocycles. The highest BCUT2D eigenvalue weighted by Gasteiger charge is 2.30. The minimum absolute atomic E-state index is 0.580. The summed E-state index contributed by atoms with van der Waals surface area (Å²) in [5, 5.41) is 3.64. The van der Waals surface area contributed by atoms with E-state index in [1.165, 1.54) is 46.5 Å². The number of halogens is 1. The molecular weight excluding hydrogens is 332 g/mol. The van der Waals surface area contributed by atoms with E-state index in [1.807, 2.05) is 11.3 Å². The van der Waals surface area contributed by atoms with Gasteiger partial charge in [-0.25, -0.2) is 0 Å². The molecule has 0 amide bonds. The fourth-order valence-corrected chi connectivity index (χ4v) is 5.00. The molecular formula is C16H27BrN2S. The standard InChI is InChI=1S/C16H27BrN2S/c1-4-8-18-11-13-7-5-6-9-19(3)16(13)15-10-14(17)12(2)20-15/h10,13,16,18H,4-9,11H2,1-3H3. The van der Waals surface area contributed by atoms with Crippen molar-refractivity contribution in [2.75, 3.05) is 26.7 Å². The monoisotopic (exact) mass is 358 g/mol. The molecule has 1 saturated heterocycles. The van der Waals surface area contributed by atoms with Gasteiger partial charge < -0.3 is 5.32 Å². The van der Waals surface area contributed by atoms with Gasteiger partial charge in [-0.3, -0.25) is 4.90 Å². The van der Waals surface area contributed by atoms with E-state index in [-0.39, 0.29) is 0 Å². The fraction of sp³-hybridized carbons (Fsp3) is 0.750. The lowest BCUT2D eigenvalue weighted by atomic mass is 9.93. The van der Waals surface area contributed by atoms with Crippen LogP contribution in [0.3, 0.4) is 0 Å². The Kier molecular flexibility index (Phi) is 6.53. The van der Waals surface area contributed by atoms with Gasteiger partial charge in [0, 0.05) is 20.3 Å². The molecule has 0 aliphatic carbocycles. The number of likely N-dealkylation sites (tertiary alicyclic amines) is 1. The highest BCUT2D eigenvalue weighted by atomic mass is 79.9. The van der Waals surface area contributed by atoms with Crippen molar-refractivity contribution in [2.45, 2.75) is 45.6 Å². The molecule has 1 aromatic rings. The Labute approximate surface area is 136 Å². The molecule has 1 aliphatic rings. The topological polar surface area (TPSA) is 15.3 Å². The normalized spacial score (nSPS) is 24.8. The maximum absolute atomic E-state index is 3.68. The zero-order valence-corrected chi connectivity index (χ0v) is 15.3. The van der Waals surface area contributed by atoms with Crippen LogP contribution in [0.2, 0.25) is 0 Å². The molecule has 1 aromatic heterocycles. The molecule has 114 valence electrons. The van der Waals surface area contributed by atoms with Crippen LogP contribution in [0.1, 0.15) is 48.4 Å². The first kappa shape index (κ1) is 16.5. The number of hydrogen-bond acceptors (Lipinski definition) is 3. The Morgan fingerprint density at radius 3 is 2.90 bits per heavy atom. The number of nitrogens with one attached hydrogen (secondary N) is 1. The minimum Gasteiger partial charge on any atom is -0.316 e. The van der Waals surface area contributed by atoms with Gasteiger partial charge in [0.05, 0.1) is 0 Å². The molecule has 2 atom stereocenters. The van der Waals surface area contributed by atoms with Gasteiger partial charge in [-0.1, -0.05) is 13.3 Å². The van der Waals surface area contributed by atoms with Crippen LogP contribution in [-0.4, -0.2) is 31.6 Å². The Balaban J connectivity index is 2.16. The van der Waals surface area contributed by atoms with Crippen LogP contribution in [0.15, 0.2) is 10.5 Å². The van der Waals surface area contributed by atoms with Crippen molar-refractivity contribution in [1.29, 1.82) is 0 Å². The second kappa shape index (κ2) is 7.92. The highest BCUT2D eigenvalue weighted by molar-refractivity contribution is 9.10. The third kappa shape index (κ3) is 4.06. The molecule has 1 aliphatic heterocycles. The first-order chi connectivity index (χ1) is 9.63. The second-order valence-electron chi connectivity index (χ2n) is 5.94. The maximum atomic E-state index is 3.68. The van der Waals surface area contributed by atoms with Gasteiger partial charge in [-0.2, -0.15) is 0 Å². The van der Waals surface area contributed by atoms with E-state index >= 15 is 0 Å². The van der Waals surface area contributed by atoms with Crippen molar-refractivity contribution < 1.29 is 0 Å². The Bertz CT molecular complexity index is 399. The lowest BCUT2D eigenvalue weighted by Gasteiger charge is -2.32. The quantitative estimate of drug-likeness (QED) is 0.774. The predicted octanol–water partition coefficient (Wildman–Crippen LogP) is 4.59. The number of thiophene rings is 1. The number of nitrogens with zero attached hydrogens (tertiary/aromatic N) is 1. The summed E-state index contributed by atoms with van der Waals surface area (Å²) in [5.74, 6) is 0.735. The van der Waals surface area contributed by atoms with Crippen LogP contribution in [0.25, 0.3) is 0 Å². The average Bonchev–Trinajstić information content (AvgIpc) is 2.63. The smallest absolute Gasteiger partial charge is 0.0479 e. The lowest BCUT2D eigenvalue weighted by molar-refractivity contribution is 0.192. The van der Waals surface area contributed by atoms with Gasteiger partial charge in [0.15, 0.2) is 0 Å². The van der Waals surface area contributed by atoms with Gasteiger partial charge >= 0.3 is 0 Å². The number of aryl methyl sites for hydroxylation is 1. The molecule has 2 unspecified atom stereocenters. The molecule has 4 heteroatoms. The van der Waals surface area contributed by atoms with Crippen LogP contribution in [-0.2, 0) is 0 Å². The maximum Gasteiger partial charge on any atom is 0.0479 e. The van der Waals surface area contributed by atoms with Crippen molar-refractivity contribution in [2.24, 2.45) is 5.92 Å². The van der Waals surface area contributed by atoms with Crippen LogP contribution in [0.5, 0.6) is 0 Å². The summed E-state index contributed by atoms with van der Waals surface area (Å²) in [7, 11) is 2.30. The minimum atomic E-state index is 0.580. The van der Waals surface area contributed by atoms with E-state index in [0.29, 0.717) is 6.04 Å². The van der Waals surface area contributed by atoms with Gasteiger partial charge in [-0.05, 0) is 80.8 Å². The summed E-state index contributed by atoms with van der Waals surface area (Å²) in [6.07, 6.45) is 5.27. The first-order valence-electron chi connectivity index (χ1n) is 7.80. The molecule has 0 spiro atoms. The van der Waals surface area contributed by atoms with Crippen molar-refractivity contribution in [3.05, 3.63) is 20.3 Å². The van der Waals surface area contributed by atoms with Crippen LogP contribution in [0.4, 0.5) is 0 Å². The predicted molar refractivity (Wildman–Crippen MR) is 92.6 cm³/mol. The van der Waals surface area contributed by atoms with Gasteiger partial charge in [0.25, 0.3) is 0 Å². The lowest BCUT2D eigenvalue weighted by Crippen LogP contribution is -2.34. The zero-order valence-electron chi connectivity index (χ0n) is 12.9. The van der Waals surface area contributed by atoms with Crippen molar-refractivity contribution >= 4 is 27.3 Å². The average molecular weight is 359 g/mol. The fourth-order valence-electron chi connectivity index (χ4n) is 3.18. The highest BCUT2D eigenvalue weighted by Crippen LogP contribution is 2.39. The van der Waals surface area contributed by atoms with Gasteiger partial charge in [0.1, 0.15) is 0 Å². The molecule has 0 radical (unpaired) electrons. The Hall–Kier alpha value is 0.1000. The molecule has 2 rings (SSSR count). The second-order valence-corrected chi connectivity index (χ2v) is 8.08. The summed E-state index contributed by atoms with van der Waals surface area (Å²) in [5.41, 5.74) is 0. The number of hydrogen-bond donors (Lipinski definition) is 1. The van der Waals surface area contributed by atoms with Crippen molar-refractivity contribution in [3.8, 4) is 0 Å². The van der Waals surface area contributed by atoms with E-state index in [2.05, 4.69) is 53.1 Å². The molecule has 1 N–H and O–H groups in total. The first-order valence-corrected chi connectivity index (χ1v) is 9.41. The molecule has 2 heterocycles. The van der Waals surface area contributed by atoms with Crippen molar-refractivity contribution in [1.82, 2.24) is 10.2 Å². The molecule has 0 bridgehead atoms. The largest absolute Gasteiger partial charge is 0.316 e. The summed E-state index contributed by atoms with van der Waals surface area (Å²) in [4.78, 5) is 5.50. The third-order valence-corrected chi connectivity index (χ3v) is 6.47. The van der Waals surface area contributed by atoms with E-state index in [4.69, 9.17) is 0 Å². The molecule has 1 fully saturated rings. The molecule has 20 heavy (non-hydrogen) atoms. The van der Waals surface area contributed by atoms with Crippen molar-refractivity contribution in [3.63, 3.8) is 0 Å². The summed E-state index contributed by atoms with van der Waals surface area (Å²) >= 11 is 5.64. The number of rotatable bonds is 5. The Morgan fingerprint density at radius 2 is 2.25 bits per heavy atom. The molecule has 0 aromatic carbocycles. The Morgan fingerprint density at radius 1 is 1.45 bits per heavy atom. The summed E-state index contributed by atoms with van der Waals surface area (Å²) in [6, 6.07) is 2.93. The van der Waals surface area contributed by atoms with E-state index < -0.39 is 0 Å². The van der Waals surface area contributed by atoms with Crippen LogP contribution in [0, 0.1) is 12.8 Å². The van der Waals surface area contributed by atoms with E-state index in [9.17, 15) is 0 Å². The van der Waals surface area contributed by atoms with E-state index in [0.717, 1.165) is 19.0 Å². The molecule has 2 nitrogen and oxygen atoms in total. The van der Waals surface area contributed by atoms with Crippen LogP contribution < -0.4 is 5.32 Å². The van der Waals surface area contributed by atoms with Crippen LogP contribution >= 0.6 is 27.3 Å². The van der Waals surface area contributed by atoms with E-state index in [1.54, 1.807) is 0 Å². The summed E-state index contributed by atoms with van der Waals surface area (Å²) < 4.78 is 1.27. The SMILES string of the molecule is CCCNCC1CCCCN(C)C1c1cc(Br)c(C)s1. The summed E-state index contributed by atoms with van der Waals surface area (Å²) in [6.45, 7) is 7.96. The third-order valence-electron chi connectivity index (χ3n) is 4.26. The van der Waals surface area contributed by atoms with Gasteiger partial charge in [-0.15, -0.1) is 11.3 Å². The van der Waals surface area contributed by atoms with Gasteiger partial charge in [0.2, 0.25) is 0 Å². The zero-order chi connectivity index (χ0) is 14.5.